The highest BCUT2D eigenvalue weighted by Gasteiger charge is 2.33. The van der Waals surface area contributed by atoms with Gasteiger partial charge in [-0.2, -0.15) is 4.31 Å². The van der Waals surface area contributed by atoms with E-state index in [1.165, 1.54) is 23.5 Å². The fourth-order valence-corrected chi connectivity index (χ4v) is 5.13. The van der Waals surface area contributed by atoms with Crippen LogP contribution >= 0.6 is 0 Å². The number of sulfonamides is 1. The number of nitrogens with one attached hydrogen (secondary N) is 1. The fourth-order valence-electron chi connectivity index (χ4n) is 3.42. The molecule has 29 heavy (non-hydrogen) atoms. The molecular formula is C21H25FN2O4S. The van der Waals surface area contributed by atoms with Crippen LogP contribution in [0.4, 0.5) is 4.39 Å². The lowest BCUT2D eigenvalue weighted by Gasteiger charge is -2.31. The first kappa shape index (κ1) is 21.3. The number of benzene rings is 2. The number of carbonyl (C=O) groups excluding carboxylic acids is 1. The monoisotopic (exact) mass is 420 g/mol. The summed E-state index contributed by atoms with van der Waals surface area (Å²) in [4.78, 5) is 12.6. The third kappa shape index (κ3) is 4.94. The summed E-state index contributed by atoms with van der Waals surface area (Å²) in [6.07, 6.45) is 0.894. The van der Waals surface area contributed by atoms with Gasteiger partial charge in [-0.1, -0.05) is 18.2 Å². The highest BCUT2D eigenvalue weighted by Crippen LogP contribution is 2.30. The number of methoxy groups -OCH3 is 1. The van der Waals surface area contributed by atoms with Gasteiger partial charge in [0.1, 0.15) is 16.5 Å². The van der Waals surface area contributed by atoms with E-state index in [0.717, 1.165) is 11.1 Å². The molecule has 2 aromatic carbocycles. The summed E-state index contributed by atoms with van der Waals surface area (Å²) in [6, 6.07) is 11.0. The van der Waals surface area contributed by atoms with Crippen LogP contribution < -0.4 is 10.1 Å². The van der Waals surface area contributed by atoms with Gasteiger partial charge < -0.3 is 10.1 Å². The van der Waals surface area contributed by atoms with E-state index in [4.69, 9.17) is 4.74 Å². The molecule has 0 radical (unpaired) electrons. The predicted octanol–water partition coefficient (Wildman–Crippen LogP) is 2.86. The highest BCUT2D eigenvalue weighted by atomic mass is 32.2. The molecule has 1 N–H and O–H groups in total. The molecule has 1 aliphatic rings. The zero-order chi connectivity index (χ0) is 21.0. The van der Waals surface area contributed by atoms with Gasteiger partial charge in [-0.3, -0.25) is 4.79 Å². The lowest BCUT2D eigenvalue weighted by atomic mass is 9.97. The van der Waals surface area contributed by atoms with Crippen molar-refractivity contribution in [3.63, 3.8) is 0 Å². The molecule has 0 aromatic heterocycles. The van der Waals surface area contributed by atoms with Crippen molar-refractivity contribution in [3.05, 3.63) is 59.4 Å². The van der Waals surface area contributed by atoms with Gasteiger partial charge in [0.25, 0.3) is 0 Å². The molecule has 1 aliphatic heterocycles. The van der Waals surface area contributed by atoms with Crippen molar-refractivity contribution in [2.75, 3.05) is 20.2 Å². The second kappa shape index (κ2) is 8.92. The average Bonchev–Trinajstić information content (AvgIpc) is 2.73. The molecule has 0 saturated carbocycles. The Labute approximate surface area is 170 Å². The van der Waals surface area contributed by atoms with Crippen LogP contribution in [0.15, 0.2) is 47.4 Å². The first-order valence-electron chi connectivity index (χ1n) is 9.48. The van der Waals surface area contributed by atoms with Crippen LogP contribution in [-0.4, -0.2) is 38.8 Å². The van der Waals surface area contributed by atoms with Crippen molar-refractivity contribution in [1.29, 1.82) is 0 Å². The zero-order valence-corrected chi connectivity index (χ0v) is 17.3. The Morgan fingerprint density at radius 1 is 1.17 bits per heavy atom. The van der Waals surface area contributed by atoms with E-state index in [0.29, 0.717) is 25.1 Å². The molecule has 6 nitrogen and oxygen atoms in total. The van der Waals surface area contributed by atoms with Gasteiger partial charge in [-0.05, 0) is 55.2 Å². The number of ether oxygens (including phenoxy) is 1. The van der Waals surface area contributed by atoms with Crippen LogP contribution in [0.5, 0.6) is 5.75 Å². The topological polar surface area (TPSA) is 75.7 Å². The lowest BCUT2D eigenvalue weighted by Crippen LogP contribution is -2.42. The largest absolute Gasteiger partial charge is 0.495 e. The molecule has 1 fully saturated rings. The third-order valence-electron chi connectivity index (χ3n) is 5.14. The van der Waals surface area contributed by atoms with Crippen LogP contribution in [0, 0.1) is 18.7 Å². The Hall–Kier alpha value is -2.45. The molecule has 0 aliphatic carbocycles. The SMILES string of the molecule is COc1ccc(C)cc1S(=O)(=O)N1CCC(C(=O)NCc2ccc(F)cc2)CC1. The fraction of sp³-hybridized carbons (Fsp3) is 0.381. The highest BCUT2D eigenvalue weighted by molar-refractivity contribution is 7.89. The molecule has 0 bridgehead atoms. The molecule has 1 saturated heterocycles. The van der Waals surface area contributed by atoms with E-state index < -0.39 is 10.0 Å². The van der Waals surface area contributed by atoms with Crippen LogP contribution in [-0.2, 0) is 21.4 Å². The van der Waals surface area contributed by atoms with Crippen molar-refractivity contribution in [1.82, 2.24) is 9.62 Å². The maximum Gasteiger partial charge on any atom is 0.246 e. The summed E-state index contributed by atoms with van der Waals surface area (Å²) in [7, 11) is -2.25. The molecule has 0 spiro atoms. The third-order valence-corrected chi connectivity index (χ3v) is 7.06. The van der Waals surface area contributed by atoms with E-state index in [-0.39, 0.29) is 35.6 Å². The quantitative estimate of drug-likeness (QED) is 0.780. The van der Waals surface area contributed by atoms with Crippen molar-refractivity contribution in [3.8, 4) is 5.75 Å². The Balaban J connectivity index is 1.60. The molecule has 3 rings (SSSR count). The summed E-state index contributed by atoms with van der Waals surface area (Å²) in [5.41, 5.74) is 1.64. The number of aryl methyl sites for hydroxylation is 1. The van der Waals surface area contributed by atoms with Gasteiger partial charge in [-0.15, -0.1) is 0 Å². The summed E-state index contributed by atoms with van der Waals surface area (Å²) < 4.78 is 45.7. The number of nitrogens with zero attached hydrogens (tertiary/aromatic N) is 1. The summed E-state index contributed by atoms with van der Waals surface area (Å²) >= 11 is 0. The van der Waals surface area contributed by atoms with Gasteiger partial charge >= 0.3 is 0 Å². The Morgan fingerprint density at radius 3 is 2.45 bits per heavy atom. The molecule has 2 aromatic rings. The number of piperidine rings is 1. The van der Waals surface area contributed by atoms with E-state index in [1.54, 1.807) is 30.3 Å². The van der Waals surface area contributed by atoms with Crippen molar-refractivity contribution >= 4 is 15.9 Å². The van der Waals surface area contributed by atoms with Crippen molar-refractivity contribution in [2.45, 2.75) is 31.2 Å². The van der Waals surface area contributed by atoms with Gasteiger partial charge in [-0.25, -0.2) is 12.8 Å². The minimum atomic E-state index is -3.69. The minimum Gasteiger partial charge on any atom is -0.495 e. The summed E-state index contributed by atoms with van der Waals surface area (Å²) in [6.45, 7) is 2.69. The Morgan fingerprint density at radius 2 is 1.83 bits per heavy atom. The Kier molecular flexibility index (Phi) is 6.54. The summed E-state index contributed by atoms with van der Waals surface area (Å²) in [5.74, 6) is -0.366. The average molecular weight is 421 g/mol. The predicted molar refractivity (Wildman–Crippen MR) is 107 cm³/mol. The molecule has 1 heterocycles. The van der Waals surface area contributed by atoms with Crippen molar-refractivity contribution < 1.29 is 22.3 Å². The van der Waals surface area contributed by atoms with Crippen LogP contribution in [0.2, 0.25) is 0 Å². The number of halogens is 1. The summed E-state index contributed by atoms with van der Waals surface area (Å²) in [5, 5.41) is 2.85. The van der Waals surface area contributed by atoms with E-state index >= 15 is 0 Å². The van der Waals surface area contributed by atoms with E-state index in [9.17, 15) is 17.6 Å². The van der Waals surface area contributed by atoms with Crippen LogP contribution in [0.25, 0.3) is 0 Å². The Bertz CT molecular complexity index is 969. The van der Waals surface area contributed by atoms with Gasteiger partial charge in [0.05, 0.1) is 7.11 Å². The molecule has 0 unspecified atom stereocenters. The maximum atomic E-state index is 13.0. The zero-order valence-electron chi connectivity index (χ0n) is 16.5. The second-order valence-corrected chi connectivity index (χ2v) is 9.08. The smallest absolute Gasteiger partial charge is 0.246 e. The normalized spacial score (nSPS) is 15.8. The molecule has 0 atom stereocenters. The number of amides is 1. The molecule has 156 valence electrons. The molecule has 1 amide bonds. The van der Waals surface area contributed by atoms with Crippen LogP contribution in [0.1, 0.15) is 24.0 Å². The van der Waals surface area contributed by atoms with Crippen molar-refractivity contribution in [2.24, 2.45) is 5.92 Å². The maximum absolute atomic E-state index is 13.0. The van der Waals surface area contributed by atoms with Crippen LogP contribution in [0.3, 0.4) is 0 Å². The number of hydrogen-bond donors (Lipinski definition) is 1. The number of carbonyl (C=O) groups is 1. The molecule has 8 heteroatoms. The number of rotatable bonds is 6. The van der Waals surface area contributed by atoms with Gasteiger partial charge in [0, 0.05) is 25.6 Å². The first-order valence-corrected chi connectivity index (χ1v) is 10.9. The van der Waals surface area contributed by atoms with Gasteiger partial charge in [0.2, 0.25) is 15.9 Å². The lowest BCUT2D eigenvalue weighted by molar-refractivity contribution is -0.126. The minimum absolute atomic E-state index is 0.112. The number of hydrogen-bond acceptors (Lipinski definition) is 4. The standard InChI is InChI=1S/C21H25FN2O4S/c1-15-3-8-19(28-2)20(13-15)29(26,27)24-11-9-17(10-12-24)21(25)23-14-16-4-6-18(22)7-5-16/h3-8,13,17H,9-12,14H2,1-2H3,(H,23,25). The van der Waals surface area contributed by atoms with E-state index in [2.05, 4.69) is 5.32 Å². The molecular weight excluding hydrogens is 395 g/mol. The first-order chi connectivity index (χ1) is 13.8. The second-order valence-electron chi connectivity index (χ2n) is 7.18. The van der Waals surface area contributed by atoms with E-state index in [1.807, 2.05) is 6.92 Å². The van der Waals surface area contributed by atoms with Gasteiger partial charge in [0.15, 0.2) is 0 Å².